The third-order valence-electron chi connectivity index (χ3n) is 4.03. The molecule has 2 rings (SSSR count). The number of methoxy groups -OCH3 is 1. The Kier molecular flexibility index (Phi) is 5.03. The minimum absolute atomic E-state index is 0.0410. The first kappa shape index (κ1) is 16.4. The summed E-state index contributed by atoms with van der Waals surface area (Å²) in [6.45, 7) is 2.80. The van der Waals surface area contributed by atoms with Gasteiger partial charge in [-0.25, -0.2) is 8.42 Å². The molecule has 0 saturated carbocycles. The highest BCUT2D eigenvalue weighted by Gasteiger charge is 2.36. The molecule has 1 unspecified atom stereocenters. The van der Waals surface area contributed by atoms with E-state index in [-0.39, 0.29) is 12.4 Å². The van der Waals surface area contributed by atoms with E-state index in [2.05, 4.69) is 0 Å². The summed E-state index contributed by atoms with van der Waals surface area (Å²) < 4.78 is 32.1. The zero-order valence-corrected chi connectivity index (χ0v) is 13.4. The van der Waals surface area contributed by atoms with Crippen molar-refractivity contribution in [2.75, 3.05) is 20.2 Å². The van der Waals surface area contributed by atoms with E-state index in [1.807, 2.05) is 6.92 Å². The molecule has 1 aromatic rings. The first-order chi connectivity index (χ1) is 9.88. The monoisotopic (exact) mass is 313 g/mol. The van der Waals surface area contributed by atoms with Crippen molar-refractivity contribution in [1.29, 1.82) is 0 Å². The van der Waals surface area contributed by atoms with Gasteiger partial charge in [0, 0.05) is 20.2 Å². The van der Waals surface area contributed by atoms with Crippen LogP contribution in [0.3, 0.4) is 0 Å². The molecular formula is C15H23NO4S. The zero-order chi connectivity index (χ0) is 15.5. The fourth-order valence-electron chi connectivity index (χ4n) is 2.68. The van der Waals surface area contributed by atoms with E-state index in [0.717, 1.165) is 18.4 Å². The number of rotatable bonds is 5. The summed E-state index contributed by atoms with van der Waals surface area (Å²) in [5.41, 5.74) is 1.02. The molecular weight excluding hydrogens is 290 g/mol. The number of benzene rings is 1. The maximum absolute atomic E-state index is 12.6. The summed E-state index contributed by atoms with van der Waals surface area (Å²) in [5.74, 6) is -0.0410. The van der Waals surface area contributed by atoms with Crippen LogP contribution in [0.4, 0.5) is 0 Å². The highest BCUT2D eigenvalue weighted by Crippen LogP contribution is 2.26. The van der Waals surface area contributed by atoms with Gasteiger partial charge in [-0.2, -0.15) is 4.31 Å². The van der Waals surface area contributed by atoms with Gasteiger partial charge in [0.2, 0.25) is 10.0 Å². The Hall–Kier alpha value is -0.950. The fraction of sp³-hybridized carbons (Fsp3) is 0.600. The quantitative estimate of drug-likeness (QED) is 0.895. The van der Waals surface area contributed by atoms with Crippen LogP contribution < -0.4 is 0 Å². The van der Waals surface area contributed by atoms with Crippen LogP contribution in [0.1, 0.15) is 30.9 Å². The summed E-state index contributed by atoms with van der Waals surface area (Å²) >= 11 is 0. The van der Waals surface area contributed by atoms with Crippen molar-refractivity contribution in [3.63, 3.8) is 0 Å². The number of piperidine rings is 1. The van der Waals surface area contributed by atoms with Crippen LogP contribution in [-0.4, -0.2) is 43.6 Å². The van der Waals surface area contributed by atoms with Gasteiger partial charge in [0.1, 0.15) is 0 Å². The number of ether oxygens (including phenoxy) is 1. The lowest BCUT2D eigenvalue weighted by Crippen LogP contribution is -2.49. The number of aliphatic hydroxyl groups excluding tert-OH is 1. The van der Waals surface area contributed by atoms with Crippen LogP contribution in [0.5, 0.6) is 0 Å². The van der Waals surface area contributed by atoms with Crippen LogP contribution in [0.15, 0.2) is 24.3 Å². The maximum Gasteiger partial charge on any atom is 0.218 e. The fourth-order valence-corrected chi connectivity index (χ4v) is 4.34. The second kappa shape index (κ2) is 6.44. The molecule has 0 radical (unpaired) electrons. The third-order valence-corrected chi connectivity index (χ3v) is 5.83. The normalized spacial score (nSPS) is 24.1. The molecule has 6 heteroatoms. The number of hydrogen-bond donors (Lipinski definition) is 1. The number of aliphatic hydroxyl groups is 1. The number of nitrogens with zero attached hydrogens (tertiary/aromatic N) is 1. The first-order valence-corrected chi connectivity index (χ1v) is 8.71. The van der Waals surface area contributed by atoms with Gasteiger partial charge in [-0.3, -0.25) is 0 Å². The smallest absolute Gasteiger partial charge is 0.218 e. The second-order valence-corrected chi connectivity index (χ2v) is 7.79. The minimum Gasteiger partial charge on any atom is -0.392 e. The highest BCUT2D eigenvalue weighted by molar-refractivity contribution is 7.88. The van der Waals surface area contributed by atoms with Crippen molar-refractivity contribution in [1.82, 2.24) is 4.31 Å². The third kappa shape index (κ3) is 4.03. The van der Waals surface area contributed by atoms with Crippen LogP contribution in [0, 0.1) is 0 Å². The average Bonchev–Trinajstić information content (AvgIpc) is 2.47. The molecule has 118 valence electrons. The summed E-state index contributed by atoms with van der Waals surface area (Å²) in [7, 11) is -1.74. The molecule has 0 aliphatic carbocycles. The van der Waals surface area contributed by atoms with Crippen molar-refractivity contribution in [3.05, 3.63) is 35.4 Å². The van der Waals surface area contributed by atoms with Gasteiger partial charge in [-0.15, -0.1) is 0 Å². The second-order valence-electron chi connectivity index (χ2n) is 5.83. The van der Waals surface area contributed by atoms with Crippen molar-refractivity contribution in [3.8, 4) is 0 Å². The summed E-state index contributed by atoms with van der Waals surface area (Å²) in [6.07, 6.45) is 1.68. The van der Waals surface area contributed by atoms with Gasteiger partial charge in [-0.05, 0) is 30.9 Å². The molecule has 1 atom stereocenters. The molecule has 0 amide bonds. The van der Waals surface area contributed by atoms with E-state index in [1.165, 1.54) is 4.31 Å². The molecule has 1 aliphatic heterocycles. The van der Waals surface area contributed by atoms with E-state index in [0.29, 0.717) is 18.7 Å². The largest absolute Gasteiger partial charge is 0.392 e. The Morgan fingerprint density at radius 3 is 2.76 bits per heavy atom. The molecule has 1 aromatic carbocycles. The topological polar surface area (TPSA) is 66.8 Å². The lowest BCUT2D eigenvalue weighted by atomic mass is 9.96. The predicted molar refractivity (Wildman–Crippen MR) is 81.2 cm³/mol. The van der Waals surface area contributed by atoms with Gasteiger partial charge >= 0.3 is 0 Å². The lowest BCUT2D eigenvalue weighted by molar-refractivity contribution is -0.0319. The molecule has 1 heterocycles. The Bertz CT molecular complexity index is 587. The predicted octanol–water partition coefficient (Wildman–Crippen LogP) is 1.51. The van der Waals surface area contributed by atoms with E-state index in [1.54, 1.807) is 31.4 Å². The summed E-state index contributed by atoms with van der Waals surface area (Å²) in [5, 5.41) is 9.13. The van der Waals surface area contributed by atoms with Gasteiger partial charge in [-0.1, -0.05) is 24.3 Å². The van der Waals surface area contributed by atoms with E-state index in [4.69, 9.17) is 9.84 Å². The average molecular weight is 313 g/mol. The van der Waals surface area contributed by atoms with Crippen LogP contribution in [0.25, 0.3) is 0 Å². The van der Waals surface area contributed by atoms with Crippen molar-refractivity contribution < 1.29 is 18.3 Å². The molecule has 5 nitrogen and oxygen atoms in total. The molecule has 1 aliphatic rings. The Balaban J connectivity index is 2.14. The van der Waals surface area contributed by atoms with Crippen molar-refractivity contribution in [2.45, 2.75) is 37.7 Å². The van der Waals surface area contributed by atoms with E-state index >= 15 is 0 Å². The van der Waals surface area contributed by atoms with Crippen LogP contribution in [0.2, 0.25) is 0 Å². The number of sulfonamides is 1. The molecule has 0 bridgehead atoms. The maximum atomic E-state index is 12.6. The zero-order valence-electron chi connectivity index (χ0n) is 12.6. The minimum atomic E-state index is -3.37. The Morgan fingerprint density at radius 2 is 2.10 bits per heavy atom. The molecule has 0 aromatic heterocycles. The van der Waals surface area contributed by atoms with Gasteiger partial charge in [0.25, 0.3) is 0 Å². The van der Waals surface area contributed by atoms with Crippen molar-refractivity contribution >= 4 is 10.0 Å². The molecule has 21 heavy (non-hydrogen) atoms. The molecule has 1 N–H and O–H groups in total. The lowest BCUT2D eigenvalue weighted by Gasteiger charge is -2.38. The van der Waals surface area contributed by atoms with Crippen molar-refractivity contribution in [2.24, 2.45) is 0 Å². The summed E-state index contributed by atoms with van der Waals surface area (Å²) in [6, 6.07) is 7.05. The van der Waals surface area contributed by atoms with Gasteiger partial charge < -0.3 is 9.84 Å². The number of hydrogen-bond acceptors (Lipinski definition) is 4. The van der Waals surface area contributed by atoms with Gasteiger partial charge in [0.15, 0.2) is 0 Å². The molecule has 0 spiro atoms. The standard InChI is InChI=1S/C15H23NO4S/c1-15(20-2)7-4-8-16(12-15)21(18,19)11-14-6-3-5-13(9-14)10-17/h3,5-6,9,17H,4,7-8,10-12H2,1-2H3. The first-order valence-electron chi connectivity index (χ1n) is 7.10. The SMILES string of the molecule is COC1(C)CCCN(S(=O)(=O)Cc2cccc(CO)c2)C1. The van der Waals surface area contributed by atoms with Gasteiger partial charge in [0.05, 0.1) is 18.0 Å². The summed E-state index contributed by atoms with van der Waals surface area (Å²) in [4.78, 5) is 0. The molecule has 1 saturated heterocycles. The highest BCUT2D eigenvalue weighted by atomic mass is 32.2. The molecule has 1 fully saturated rings. The van der Waals surface area contributed by atoms with Crippen LogP contribution in [-0.2, 0) is 27.1 Å². The van der Waals surface area contributed by atoms with E-state index in [9.17, 15) is 8.42 Å². The van der Waals surface area contributed by atoms with Crippen LogP contribution >= 0.6 is 0 Å². The van der Waals surface area contributed by atoms with E-state index < -0.39 is 15.6 Å². The Morgan fingerprint density at radius 1 is 1.38 bits per heavy atom. The Labute approximate surface area is 126 Å².